The molecule has 0 atom stereocenters. The summed E-state index contributed by atoms with van der Waals surface area (Å²) < 4.78 is 0. The Morgan fingerprint density at radius 2 is 2.05 bits per heavy atom. The lowest BCUT2D eigenvalue weighted by atomic mass is 10.1. The van der Waals surface area contributed by atoms with Gasteiger partial charge < -0.3 is 5.32 Å². The van der Waals surface area contributed by atoms with Crippen LogP contribution in [0.25, 0.3) is 0 Å². The molecule has 0 radical (unpaired) electrons. The van der Waals surface area contributed by atoms with E-state index in [0.29, 0.717) is 28.7 Å². The number of nitrogens with zero attached hydrogens (tertiary/aromatic N) is 1. The first-order chi connectivity index (χ1) is 9.15. The van der Waals surface area contributed by atoms with E-state index in [1.54, 1.807) is 30.5 Å². The molecule has 1 amide bonds. The summed E-state index contributed by atoms with van der Waals surface area (Å²) >= 11 is 11.9. The lowest BCUT2D eigenvalue weighted by Crippen LogP contribution is -2.13. The predicted molar refractivity (Wildman–Crippen MR) is 77.6 cm³/mol. The highest BCUT2D eigenvalue weighted by molar-refractivity contribution is 6.35. The summed E-state index contributed by atoms with van der Waals surface area (Å²) in [6, 6.07) is 10.6. The molecule has 98 valence electrons. The van der Waals surface area contributed by atoms with Gasteiger partial charge in [0.25, 0.3) is 0 Å². The molecule has 0 unspecified atom stereocenters. The van der Waals surface area contributed by atoms with E-state index < -0.39 is 0 Å². The Morgan fingerprint density at radius 1 is 1.21 bits per heavy atom. The first kappa shape index (κ1) is 13.8. The van der Waals surface area contributed by atoms with Crippen LogP contribution in [0.15, 0.2) is 42.6 Å². The van der Waals surface area contributed by atoms with Crippen LogP contribution in [0.4, 0.5) is 5.82 Å². The van der Waals surface area contributed by atoms with Crippen LogP contribution >= 0.6 is 23.2 Å². The predicted octanol–water partition coefficient (Wildman–Crippen LogP) is 3.96. The van der Waals surface area contributed by atoms with Crippen LogP contribution in [0.1, 0.15) is 12.0 Å². The Labute approximate surface area is 121 Å². The summed E-state index contributed by atoms with van der Waals surface area (Å²) in [7, 11) is 0. The molecule has 1 aromatic heterocycles. The second-order valence-corrected chi connectivity index (χ2v) is 4.84. The van der Waals surface area contributed by atoms with E-state index >= 15 is 0 Å². The quantitative estimate of drug-likeness (QED) is 0.927. The number of rotatable bonds is 4. The van der Waals surface area contributed by atoms with Crippen LogP contribution in [-0.4, -0.2) is 10.9 Å². The molecule has 1 aromatic carbocycles. The van der Waals surface area contributed by atoms with Crippen molar-refractivity contribution in [3.05, 3.63) is 58.2 Å². The maximum absolute atomic E-state index is 11.7. The van der Waals surface area contributed by atoms with E-state index in [9.17, 15) is 4.79 Å². The number of aromatic nitrogens is 1. The number of aryl methyl sites for hydroxylation is 1. The number of nitrogens with one attached hydrogen (secondary N) is 1. The van der Waals surface area contributed by atoms with Gasteiger partial charge in [0.15, 0.2) is 0 Å². The number of pyridine rings is 1. The molecule has 0 saturated heterocycles. The maximum Gasteiger partial charge on any atom is 0.225 e. The molecule has 0 spiro atoms. The van der Waals surface area contributed by atoms with E-state index in [0.717, 1.165) is 5.56 Å². The van der Waals surface area contributed by atoms with E-state index in [1.165, 1.54) is 0 Å². The van der Waals surface area contributed by atoms with E-state index in [-0.39, 0.29) is 5.91 Å². The monoisotopic (exact) mass is 294 g/mol. The van der Waals surface area contributed by atoms with Gasteiger partial charge >= 0.3 is 0 Å². The number of carbonyl (C=O) groups excluding carboxylic acids is 1. The number of benzene rings is 1. The first-order valence-corrected chi connectivity index (χ1v) is 6.55. The number of anilines is 1. The molecule has 3 nitrogen and oxygen atoms in total. The maximum atomic E-state index is 11.7. The van der Waals surface area contributed by atoms with Crippen LogP contribution in [0, 0.1) is 0 Å². The van der Waals surface area contributed by atoms with Gasteiger partial charge in [-0.05, 0) is 36.2 Å². The standard InChI is InChI=1S/C14H12Cl2N2O/c15-11-6-4-10(12(16)9-11)5-7-14(19)18-13-3-1-2-8-17-13/h1-4,6,8-9H,5,7H2,(H,17,18,19). The molecule has 19 heavy (non-hydrogen) atoms. The minimum atomic E-state index is -0.0929. The molecular formula is C14H12Cl2N2O. The van der Waals surface area contributed by atoms with E-state index in [1.807, 2.05) is 12.1 Å². The van der Waals surface area contributed by atoms with Crippen molar-refractivity contribution in [2.45, 2.75) is 12.8 Å². The van der Waals surface area contributed by atoms with Crippen LogP contribution in [0.3, 0.4) is 0 Å². The number of amides is 1. The van der Waals surface area contributed by atoms with Gasteiger partial charge in [-0.1, -0.05) is 35.3 Å². The van der Waals surface area contributed by atoms with Crippen molar-refractivity contribution in [3.63, 3.8) is 0 Å². The largest absolute Gasteiger partial charge is 0.311 e. The molecule has 0 aliphatic carbocycles. The van der Waals surface area contributed by atoms with Gasteiger partial charge in [-0.2, -0.15) is 0 Å². The molecule has 5 heteroatoms. The minimum Gasteiger partial charge on any atom is -0.311 e. The van der Waals surface area contributed by atoms with E-state index in [2.05, 4.69) is 10.3 Å². The molecule has 1 heterocycles. The second kappa shape index (κ2) is 6.55. The molecule has 0 fully saturated rings. The number of halogens is 2. The Morgan fingerprint density at radius 3 is 2.74 bits per heavy atom. The molecule has 2 aromatic rings. The molecular weight excluding hydrogens is 283 g/mol. The minimum absolute atomic E-state index is 0.0929. The van der Waals surface area contributed by atoms with Crippen molar-refractivity contribution in [1.82, 2.24) is 4.98 Å². The summed E-state index contributed by atoms with van der Waals surface area (Å²) in [5.74, 6) is 0.458. The van der Waals surface area contributed by atoms with Crippen molar-refractivity contribution in [3.8, 4) is 0 Å². The van der Waals surface area contributed by atoms with E-state index in [4.69, 9.17) is 23.2 Å². The fraction of sp³-hybridized carbons (Fsp3) is 0.143. The fourth-order valence-electron chi connectivity index (χ4n) is 1.61. The zero-order valence-electron chi connectivity index (χ0n) is 10.1. The highest BCUT2D eigenvalue weighted by Gasteiger charge is 2.06. The summed E-state index contributed by atoms with van der Waals surface area (Å²) in [4.78, 5) is 15.8. The van der Waals surface area contributed by atoms with Crippen molar-refractivity contribution >= 4 is 34.9 Å². The molecule has 1 N–H and O–H groups in total. The molecule has 2 rings (SSSR count). The van der Waals surface area contributed by atoms with Gasteiger partial charge in [0, 0.05) is 22.7 Å². The SMILES string of the molecule is O=C(CCc1ccc(Cl)cc1Cl)Nc1ccccn1. The molecule has 0 aliphatic rings. The number of hydrogen-bond acceptors (Lipinski definition) is 2. The van der Waals surface area contributed by atoms with Crippen molar-refractivity contribution in [2.24, 2.45) is 0 Å². The van der Waals surface area contributed by atoms with Crippen molar-refractivity contribution in [1.29, 1.82) is 0 Å². The Bertz CT molecular complexity index is 573. The zero-order chi connectivity index (χ0) is 13.7. The third-order valence-corrected chi connectivity index (χ3v) is 3.16. The Balaban J connectivity index is 1.90. The van der Waals surface area contributed by atoms with Gasteiger partial charge in [0.2, 0.25) is 5.91 Å². The van der Waals surface area contributed by atoms with Crippen LogP contribution < -0.4 is 5.32 Å². The van der Waals surface area contributed by atoms with Gasteiger partial charge in [0.1, 0.15) is 5.82 Å². The van der Waals surface area contributed by atoms with Crippen molar-refractivity contribution in [2.75, 3.05) is 5.32 Å². The second-order valence-electron chi connectivity index (χ2n) is 4.00. The summed E-state index contributed by atoms with van der Waals surface area (Å²) in [5, 5.41) is 3.89. The fourth-order valence-corrected chi connectivity index (χ4v) is 2.12. The third-order valence-electron chi connectivity index (χ3n) is 2.57. The molecule has 0 saturated carbocycles. The molecule has 0 aliphatic heterocycles. The van der Waals surface area contributed by atoms with Gasteiger partial charge in [-0.3, -0.25) is 4.79 Å². The van der Waals surface area contributed by atoms with Gasteiger partial charge in [0.05, 0.1) is 0 Å². The topological polar surface area (TPSA) is 42.0 Å². The highest BCUT2D eigenvalue weighted by atomic mass is 35.5. The molecule has 0 bridgehead atoms. The summed E-state index contributed by atoms with van der Waals surface area (Å²) in [5.41, 5.74) is 0.905. The van der Waals surface area contributed by atoms with Crippen molar-refractivity contribution < 1.29 is 4.79 Å². The number of carbonyl (C=O) groups is 1. The first-order valence-electron chi connectivity index (χ1n) is 5.80. The average Bonchev–Trinajstić information content (AvgIpc) is 2.39. The third kappa shape index (κ3) is 4.23. The zero-order valence-corrected chi connectivity index (χ0v) is 11.6. The normalized spacial score (nSPS) is 10.2. The highest BCUT2D eigenvalue weighted by Crippen LogP contribution is 2.22. The number of hydrogen-bond donors (Lipinski definition) is 1. The summed E-state index contributed by atoms with van der Waals surface area (Å²) in [6.45, 7) is 0. The Hall–Kier alpha value is -1.58. The van der Waals surface area contributed by atoms with Crippen LogP contribution in [0.5, 0.6) is 0 Å². The smallest absolute Gasteiger partial charge is 0.225 e. The van der Waals surface area contributed by atoms with Gasteiger partial charge in [-0.25, -0.2) is 4.98 Å². The Kier molecular flexibility index (Phi) is 4.77. The van der Waals surface area contributed by atoms with Crippen LogP contribution in [-0.2, 0) is 11.2 Å². The lowest BCUT2D eigenvalue weighted by molar-refractivity contribution is -0.116. The average molecular weight is 295 g/mol. The van der Waals surface area contributed by atoms with Crippen LogP contribution in [0.2, 0.25) is 10.0 Å². The summed E-state index contributed by atoms with van der Waals surface area (Å²) in [6.07, 6.45) is 2.54. The lowest BCUT2D eigenvalue weighted by Gasteiger charge is -2.06. The van der Waals surface area contributed by atoms with Gasteiger partial charge in [-0.15, -0.1) is 0 Å².